The van der Waals surface area contributed by atoms with E-state index in [-0.39, 0.29) is 0 Å². The third-order valence-corrected chi connectivity index (χ3v) is 13.4. The van der Waals surface area contributed by atoms with Crippen LogP contribution >= 0.6 is 0 Å². The fourth-order valence-corrected chi connectivity index (χ4v) is 10.2. The van der Waals surface area contributed by atoms with Gasteiger partial charge in [-0.05, 0) is 99.3 Å². The van der Waals surface area contributed by atoms with Gasteiger partial charge in [0.05, 0.1) is 22.4 Å². The number of furan rings is 1. The summed E-state index contributed by atoms with van der Waals surface area (Å²) in [6, 6.07) is 91.9. The average molecular weight is 855 g/mol. The minimum Gasteiger partial charge on any atom is -0.455 e. The molecule has 0 atom stereocenters. The Balaban J connectivity index is 0.926. The third kappa shape index (κ3) is 6.59. The number of hydrogen-bond acceptors (Lipinski definition) is 2. The molecule has 314 valence electrons. The SMILES string of the molecule is c1cc(-c2ccc3ccccc3c2)cc(N(c2ccc(-c3cccc4c3oc3ccccc34)cc2)c2ccccc2-c2ccc(-c3ccccc3-n3c4ccccc4c4ccccc43)cc2)c1. The smallest absolute Gasteiger partial charge is 0.143 e. The molecule has 0 aliphatic heterocycles. The second kappa shape index (κ2) is 16.0. The van der Waals surface area contributed by atoms with Crippen LogP contribution in [-0.4, -0.2) is 4.57 Å². The Morgan fingerprint density at radius 2 is 0.851 bits per heavy atom. The molecule has 0 bridgehead atoms. The molecule has 0 radical (unpaired) electrons. The second-order valence-electron chi connectivity index (χ2n) is 17.3. The Hall–Kier alpha value is -8.92. The first-order chi connectivity index (χ1) is 33.2. The maximum absolute atomic E-state index is 6.49. The first-order valence-electron chi connectivity index (χ1n) is 22.9. The van der Waals surface area contributed by atoms with Gasteiger partial charge in [0.15, 0.2) is 0 Å². The van der Waals surface area contributed by atoms with E-state index >= 15 is 0 Å². The minimum atomic E-state index is 0.899. The molecule has 0 saturated carbocycles. The van der Waals surface area contributed by atoms with Gasteiger partial charge in [-0.15, -0.1) is 0 Å². The fourth-order valence-electron chi connectivity index (χ4n) is 10.2. The summed E-state index contributed by atoms with van der Waals surface area (Å²) in [6.07, 6.45) is 0. The Morgan fingerprint density at radius 1 is 0.313 bits per heavy atom. The Labute approximate surface area is 388 Å². The van der Waals surface area contributed by atoms with Crippen LogP contribution in [0.15, 0.2) is 259 Å². The van der Waals surface area contributed by atoms with Gasteiger partial charge < -0.3 is 13.9 Å². The summed E-state index contributed by atoms with van der Waals surface area (Å²) < 4.78 is 8.90. The van der Waals surface area contributed by atoms with E-state index in [0.717, 1.165) is 78.1 Å². The summed E-state index contributed by atoms with van der Waals surface area (Å²) in [5.41, 5.74) is 17.7. The van der Waals surface area contributed by atoms with Gasteiger partial charge in [-0.25, -0.2) is 0 Å². The van der Waals surface area contributed by atoms with E-state index in [2.05, 4.69) is 252 Å². The van der Waals surface area contributed by atoms with Crippen LogP contribution in [0.25, 0.3) is 105 Å². The molecule has 0 aliphatic carbocycles. The van der Waals surface area contributed by atoms with Gasteiger partial charge in [0, 0.05) is 49.6 Å². The van der Waals surface area contributed by atoms with E-state index < -0.39 is 0 Å². The quantitative estimate of drug-likeness (QED) is 0.152. The lowest BCUT2D eigenvalue weighted by atomic mass is 9.96. The van der Waals surface area contributed by atoms with Crippen molar-refractivity contribution in [2.75, 3.05) is 4.90 Å². The minimum absolute atomic E-state index is 0.899. The number of anilines is 3. The van der Waals surface area contributed by atoms with Crippen molar-refractivity contribution in [3.05, 3.63) is 255 Å². The first-order valence-corrected chi connectivity index (χ1v) is 22.9. The highest BCUT2D eigenvalue weighted by atomic mass is 16.3. The molecule has 0 spiro atoms. The van der Waals surface area contributed by atoms with Crippen molar-refractivity contribution in [1.82, 2.24) is 4.57 Å². The van der Waals surface area contributed by atoms with Crippen molar-refractivity contribution in [1.29, 1.82) is 0 Å². The van der Waals surface area contributed by atoms with Crippen molar-refractivity contribution >= 4 is 71.6 Å². The molecule has 3 heteroatoms. The molecule has 13 aromatic rings. The Kier molecular flexibility index (Phi) is 9.17. The fraction of sp³-hybridized carbons (Fsp3) is 0. The van der Waals surface area contributed by atoms with E-state index in [9.17, 15) is 0 Å². The van der Waals surface area contributed by atoms with Crippen LogP contribution in [0.5, 0.6) is 0 Å². The Bertz CT molecular complexity index is 3930. The van der Waals surface area contributed by atoms with Crippen LogP contribution in [-0.2, 0) is 0 Å². The summed E-state index contributed by atoms with van der Waals surface area (Å²) in [7, 11) is 0. The maximum atomic E-state index is 6.49. The Morgan fingerprint density at radius 3 is 1.64 bits per heavy atom. The van der Waals surface area contributed by atoms with Crippen LogP contribution in [0.2, 0.25) is 0 Å². The van der Waals surface area contributed by atoms with Gasteiger partial charge >= 0.3 is 0 Å². The summed E-state index contributed by atoms with van der Waals surface area (Å²) in [6.45, 7) is 0. The summed E-state index contributed by atoms with van der Waals surface area (Å²) in [5, 5.41) is 7.22. The zero-order valence-electron chi connectivity index (χ0n) is 36.6. The van der Waals surface area contributed by atoms with Crippen LogP contribution < -0.4 is 4.90 Å². The number of fused-ring (bicyclic) bond motifs is 7. The summed E-state index contributed by atoms with van der Waals surface area (Å²) in [4.78, 5) is 2.40. The van der Waals surface area contributed by atoms with Gasteiger partial charge in [-0.3, -0.25) is 0 Å². The van der Waals surface area contributed by atoms with Crippen LogP contribution in [0.3, 0.4) is 0 Å². The van der Waals surface area contributed by atoms with Crippen LogP contribution in [0, 0.1) is 0 Å². The van der Waals surface area contributed by atoms with Crippen molar-refractivity contribution in [2.45, 2.75) is 0 Å². The van der Waals surface area contributed by atoms with Crippen molar-refractivity contribution < 1.29 is 4.42 Å². The molecule has 0 unspecified atom stereocenters. The summed E-state index contributed by atoms with van der Waals surface area (Å²) >= 11 is 0. The number of aromatic nitrogens is 1. The molecule has 67 heavy (non-hydrogen) atoms. The molecule has 0 N–H and O–H groups in total. The lowest BCUT2D eigenvalue weighted by Crippen LogP contribution is -2.11. The van der Waals surface area contributed by atoms with Gasteiger partial charge in [-0.1, -0.05) is 194 Å². The van der Waals surface area contributed by atoms with Crippen molar-refractivity contribution in [3.8, 4) is 50.2 Å². The number of benzene rings is 11. The third-order valence-electron chi connectivity index (χ3n) is 13.4. The molecule has 0 saturated heterocycles. The van der Waals surface area contributed by atoms with Gasteiger partial charge in [0.1, 0.15) is 11.2 Å². The molecule has 13 rings (SSSR count). The monoisotopic (exact) mass is 854 g/mol. The van der Waals surface area contributed by atoms with E-state index in [1.165, 1.54) is 43.7 Å². The van der Waals surface area contributed by atoms with E-state index in [1.54, 1.807) is 0 Å². The zero-order valence-corrected chi connectivity index (χ0v) is 36.6. The molecule has 0 amide bonds. The molecule has 3 nitrogen and oxygen atoms in total. The number of hydrogen-bond donors (Lipinski definition) is 0. The van der Waals surface area contributed by atoms with Gasteiger partial charge in [0.25, 0.3) is 0 Å². The normalized spacial score (nSPS) is 11.6. The number of para-hydroxylation sites is 6. The van der Waals surface area contributed by atoms with Crippen molar-refractivity contribution in [2.24, 2.45) is 0 Å². The van der Waals surface area contributed by atoms with Crippen molar-refractivity contribution in [3.63, 3.8) is 0 Å². The standard InChI is InChI=1S/C64H42N2O/c1-2-16-47-41-49(36-31-43(47)15-1)48-17-13-18-51(42-48)65(50-39-37-46(38-40-50)54-24-14-25-58-57-23-7-12-30-63(57)67-64(54)58)59-26-8-3-19-52(59)44-32-34-45(35-33-44)53-20-4-9-27-60(53)66-61-28-10-5-21-55(61)56-22-6-11-29-62(56)66/h1-42H. The second-order valence-corrected chi connectivity index (χ2v) is 17.3. The topological polar surface area (TPSA) is 21.3 Å². The highest BCUT2D eigenvalue weighted by Crippen LogP contribution is 2.44. The summed E-state index contributed by atoms with van der Waals surface area (Å²) in [5.74, 6) is 0. The van der Waals surface area contributed by atoms with Gasteiger partial charge in [0.2, 0.25) is 0 Å². The predicted octanol–water partition coefficient (Wildman–Crippen LogP) is 18.0. The zero-order chi connectivity index (χ0) is 44.3. The molecule has 11 aromatic carbocycles. The molecular formula is C64H42N2O. The molecule has 0 fully saturated rings. The van der Waals surface area contributed by atoms with E-state index in [1.807, 2.05) is 12.1 Å². The predicted molar refractivity (Wildman–Crippen MR) is 282 cm³/mol. The van der Waals surface area contributed by atoms with E-state index in [4.69, 9.17) is 4.42 Å². The highest BCUT2D eigenvalue weighted by molar-refractivity contribution is 6.11. The molecule has 2 aromatic heterocycles. The maximum Gasteiger partial charge on any atom is 0.143 e. The molecular weight excluding hydrogens is 813 g/mol. The van der Waals surface area contributed by atoms with Gasteiger partial charge in [-0.2, -0.15) is 0 Å². The molecule has 0 aliphatic rings. The first kappa shape index (κ1) is 38.5. The number of nitrogens with zero attached hydrogens (tertiary/aromatic N) is 2. The number of rotatable bonds is 8. The van der Waals surface area contributed by atoms with Crippen LogP contribution in [0.1, 0.15) is 0 Å². The lowest BCUT2D eigenvalue weighted by Gasteiger charge is -2.28. The van der Waals surface area contributed by atoms with Crippen LogP contribution in [0.4, 0.5) is 17.1 Å². The van der Waals surface area contributed by atoms with E-state index in [0.29, 0.717) is 0 Å². The highest BCUT2D eigenvalue weighted by Gasteiger charge is 2.20. The molecule has 2 heterocycles. The largest absolute Gasteiger partial charge is 0.455 e. The lowest BCUT2D eigenvalue weighted by molar-refractivity contribution is 0.670. The average Bonchev–Trinajstić information content (AvgIpc) is 3.95.